The minimum Gasteiger partial charge on any atom is -0.338 e. The first-order valence-corrected chi connectivity index (χ1v) is 7.49. The van der Waals surface area contributed by atoms with Crippen LogP contribution in [0.1, 0.15) is 51.3 Å². The van der Waals surface area contributed by atoms with Crippen molar-refractivity contribution >= 4 is 0 Å². The minimum atomic E-state index is 0.769. The molecule has 0 aliphatic heterocycles. The fraction of sp³-hybridized carbons (Fsp3) is 0.800. The largest absolute Gasteiger partial charge is 0.338 e. The number of imidazole rings is 1. The normalized spacial score (nSPS) is 24.3. The molecule has 3 nitrogen and oxygen atoms in total. The van der Waals surface area contributed by atoms with Gasteiger partial charge in [-0.1, -0.05) is 19.8 Å². The van der Waals surface area contributed by atoms with E-state index in [1.54, 1.807) is 0 Å². The molecule has 1 N–H and O–H groups in total. The van der Waals surface area contributed by atoms with Gasteiger partial charge < -0.3 is 9.88 Å². The van der Waals surface area contributed by atoms with Crippen LogP contribution in [0.2, 0.25) is 0 Å². The molecule has 2 unspecified atom stereocenters. The van der Waals surface area contributed by atoms with Gasteiger partial charge in [0.25, 0.3) is 0 Å². The lowest BCUT2D eigenvalue weighted by molar-refractivity contribution is 0.272. The van der Waals surface area contributed by atoms with E-state index in [9.17, 15) is 0 Å². The van der Waals surface area contributed by atoms with E-state index in [1.165, 1.54) is 50.9 Å². The minimum absolute atomic E-state index is 0.769. The van der Waals surface area contributed by atoms with Gasteiger partial charge in [0.15, 0.2) is 0 Å². The van der Waals surface area contributed by atoms with Crippen molar-refractivity contribution in [2.24, 2.45) is 13.0 Å². The molecule has 2 rings (SSSR count). The lowest BCUT2D eigenvalue weighted by Crippen LogP contribution is -2.34. The maximum atomic E-state index is 4.42. The van der Waals surface area contributed by atoms with E-state index in [0.717, 1.165) is 18.4 Å². The van der Waals surface area contributed by atoms with Gasteiger partial charge in [-0.25, -0.2) is 4.98 Å². The Morgan fingerprint density at radius 1 is 1.44 bits per heavy atom. The van der Waals surface area contributed by atoms with Gasteiger partial charge >= 0.3 is 0 Å². The quantitative estimate of drug-likeness (QED) is 0.840. The highest BCUT2D eigenvalue weighted by Gasteiger charge is 2.21. The van der Waals surface area contributed by atoms with Crippen molar-refractivity contribution in [3.05, 3.63) is 18.2 Å². The molecule has 1 saturated carbocycles. The van der Waals surface area contributed by atoms with Gasteiger partial charge in [0.05, 0.1) is 0 Å². The summed E-state index contributed by atoms with van der Waals surface area (Å²) in [6.45, 7) is 3.42. The number of nitrogens with one attached hydrogen (secondary N) is 1. The van der Waals surface area contributed by atoms with Gasteiger partial charge in [0, 0.05) is 31.9 Å². The van der Waals surface area contributed by atoms with Gasteiger partial charge in [0.2, 0.25) is 0 Å². The lowest BCUT2D eigenvalue weighted by Gasteiger charge is -2.29. The van der Waals surface area contributed by atoms with Crippen molar-refractivity contribution in [2.75, 3.05) is 6.54 Å². The Bertz CT molecular complexity index is 345. The standard InChI is InChI=1S/C15H27N3/c1-3-9-16-14-6-4-5-13(12-14)7-8-15-17-10-11-18(15)2/h10-11,13-14,16H,3-9,12H2,1-2H3. The van der Waals surface area contributed by atoms with Crippen molar-refractivity contribution in [2.45, 2.75) is 57.9 Å². The molecular weight excluding hydrogens is 222 g/mol. The number of nitrogens with zero attached hydrogens (tertiary/aromatic N) is 2. The van der Waals surface area contributed by atoms with Crippen LogP contribution in [0.15, 0.2) is 12.4 Å². The summed E-state index contributed by atoms with van der Waals surface area (Å²) in [6, 6.07) is 0.769. The van der Waals surface area contributed by atoms with Gasteiger partial charge in [-0.2, -0.15) is 0 Å². The Balaban J connectivity index is 1.74. The van der Waals surface area contributed by atoms with E-state index < -0.39 is 0 Å². The van der Waals surface area contributed by atoms with E-state index in [0.29, 0.717) is 0 Å². The predicted octanol–water partition coefficient (Wildman–Crippen LogP) is 2.91. The van der Waals surface area contributed by atoms with Crippen LogP contribution >= 0.6 is 0 Å². The predicted molar refractivity (Wildman–Crippen MR) is 75.6 cm³/mol. The maximum Gasteiger partial charge on any atom is 0.108 e. The van der Waals surface area contributed by atoms with Crippen LogP contribution in [0, 0.1) is 5.92 Å². The topological polar surface area (TPSA) is 29.9 Å². The van der Waals surface area contributed by atoms with Crippen molar-refractivity contribution in [3.63, 3.8) is 0 Å². The smallest absolute Gasteiger partial charge is 0.108 e. The van der Waals surface area contributed by atoms with Crippen molar-refractivity contribution in [3.8, 4) is 0 Å². The van der Waals surface area contributed by atoms with E-state index in [-0.39, 0.29) is 0 Å². The number of hydrogen-bond acceptors (Lipinski definition) is 2. The summed E-state index contributed by atoms with van der Waals surface area (Å²) < 4.78 is 2.15. The highest BCUT2D eigenvalue weighted by atomic mass is 15.0. The Hall–Kier alpha value is -0.830. The molecule has 3 heteroatoms. The third-order valence-corrected chi connectivity index (χ3v) is 4.16. The summed E-state index contributed by atoms with van der Waals surface area (Å²) in [5.74, 6) is 2.13. The second-order valence-electron chi connectivity index (χ2n) is 5.68. The summed E-state index contributed by atoms with van der Waals surface area (Å²) in [5, 5.41) is 3.68. The van der Waals surface area contributed by atoms with Crippen LogP contribution in [-0.2, 0) is 13.5 Å². The Kier molecular flexibility index (Phi) is 5.24. The first-order chi connectivity index (χ1) is 8.79. The zero-order valence-corrected chi connectivity index (χ0v) is 11.9. The molecule has 0 aromatic carbocycles. The molecule has 1 aromatic rings. The molecule has 1 fully saturated rings. The third kappa shape index (κ3) is 3.84. The summed E-state index contributed by atoms with van der Waals surface area (Å²) in [6.07, 6.45) is 13.2. The molecule has 1 aromatic heterocycles. The summed E-state index contributed by atoms with van der Waals surface area (Å²) in [7, 11) is 2.09. The molecule has 0 saturated heterocycles. The van der Waals surface area contributed by atoms with E-state index in [1.807, 2.05) is 12.4 Å². The van der Waals surface area contributed by atoms with Gasteiger partial charge in [-0.3, -0.25) is 0 Å². The fourth-order valence-corrected chi connectivity index (χ4v) is 3.06. The second kappa shape index (κ2) is 6.93. The molecule has 0 bridgehead atoms. The summed E-state index contributed by atoms with van der Waals surface area (Å²) in [5.41, 5.74) is 0. The molecule has 2 atom stereocenters. The average molecular weight is 249 g/mol. The van der Waals surface area contributed by atoms with Crippen molar-refractivity contribution < 1.29 is 0 Å². The fourth-order valence-electron chi connectivity index (χ4n) is 3.06. The summed E-state index contributed by atoms with van der Waals surface area (Å²) in [4.78, 5) is 4.42. The Labute approximate surface area is 111 Å². The van der Waals surface area contributed by atoms with Crippen LogP contribution in [0.3, 0.4) is 0 Å². The van der Waals surface area contributed by atoms with Crippen LogP contribution in [-0.4, -0.2) is 22.1 Å². The van der Waals surface area contributed by atoms with E-state index in [4.69, 9.17) is 0 Å². The SMILES string of the molecule is CCCNC1CCCC(CCc2nccn2C)C1. The van der Waals surface area contributed by atoms with Crippen LogP contribution in [0.25, 0.3) is 0 Å². The molecular formula is C15H27N3. The molecule has 1 aliphatic carbocycles. The average Bonchev–Trinajstić information content (AvgIpc) is 2.80. The van der Waals surface area contributed by atoms with Crippen LogP contribution in [0.4, 0.5) is 0 Å². The number of aryl methyl sites for hydroxylation is 2. The molecule has 1 aliphatic rings. The maximum absolute atomic E-state index is 4.42. The summed E-state index contributed by atoms with van der Waals surface area (Å²) >= 11 is 0. The molecule has 1 heterocycles. The second-order valence-corrected chi connectivity index (χ2v) is 5.68. The third-order valence-electron chi connectivity index (χ3n) is 4.16. The Morgan fingerprint density at radius 3 is 3.06 bits per heavy atom. The molecule has 0 spiro atoms. The number of rotatable bonds is 6. The van der Waals surface area contributed by atoms with Crippen LogP contribution < -0.4 is 5.32 Å². The van der Waals surface area contributed by atoms with Gasteiger partial charge in [-0.05, 0) is 38.1 Å². The first-order valence-electron chi connectivity index (χ1n) is 7.49. The van der Waals surface area contributed by atoms with Crippen molar-refractivity contribution in [1.82, 2.24) is 14.9 Å². The first kappa shape index (κ1) is 13.6. The number of aromatic nitrogens is 2. The highest BCUT2D eigenvalue weighted by Crippen LogP contribution is 2.27. The zero-order valence-electron chi connectivity index (χ0n) is 11.9. The lowest BCUT2D eigenvalue weighted by atomic mass is 9.83. The molecule has 0 amide bonds. The van der Waals surface area contributed by atoms with E-state index in [2.05, 4.69) is 28.8 Å². The number of hydrogen-bond donors (Lipinski definition) is 1. The molecule has 18 heavy (non-hydrogen) atoms. The highest BCUT2D eigenvalue weighted by molar-refractivity contribution is 4.92. The molecule has 102 valence electrons. The van der Waals surface area contributed by atoms with E-state index >= 15 is 0 Å². The van der Waals surface area contributed by atoms with Gasteiger partial charge in [-0.15, -0.1) is 0 Å². The monoisotopic (exact) mass is 249 g/mol. The Morgan fingerprint density at radius 2 is 2.33 bits per heavy atom. The molecule has 0 radical (unpaired) electrons. The zero-order chi connectivity index (χ0) is 12.8. The van der Waals surface area contributed by atoms with Gasteiger partial charge in [0.1, 0.15) is 5.82 Å². The van der Waals surface area contributed by atoms with Crippen molar-refractivity contribution in [1.29, 1.82) is 0 Å². The van der Waals surface area contributed by atoms with Crippen LogP contribution in [0.5, 0.6) is 0 Å².